The van der Waals surface area contributed by atoms with Gasteiger partial charge in [0.2, 0.25) is 11.8 Å². The molecule has 1 aromatic carbocycles. The molecule has 4 rings (SSSR count). The van der Waals surface area contributed by atoms with E-state index in [9.17, 15) is 19.5 Å². The van der Waals surface area contributed by atoms with Crippen molar-refractivity contribution in [3.63, 3.8) is 0 Å². The van der Waals surface area contributed by atoms with Crippen molar-refractivity contribution in [3.05, 3.63) is 29.3 Å². The Morgan fingerprint density at radius 2 is 2.06 bits per heavy atom. The molecule has 3 aliphatic rings. The van der Waals surface area contributed by atoms with Crippen molar-refractivity contribution >= 4 is 23.5 Å². The van der Waals surface area contributed by atoms with E-state index < -0.39 is 41.6 Å². The van der Waals surface area contributed by atoms with E-state index in [0.29, 0.717) is 18.5 Å². The van der Waals surface area contributed by atoms with Crippen molar-refractivity contribution in [1.82, 2.24) is 4.90 Å². The summed E-state index contributed by atoms with van der Waals surface area (Å²) in [5, 5.41) is 13.2. The monoisotopic (exact) mass is 458 g/mol. The maximum atomic E-state index is 13.8. The van der Waals surface area contributed by atoms with Gasteiger partial charge in [-0.05, 0) is 56.7 Å². The minimum atomic E-state index is -1.11. The number of fused-ring (bicyclic) bond motifs is 1. The summed E-state index contributed by atoms with van der Waals surface area (Å²) in [5.41, 5.74) is 1.47. The summed E-state index contributed by atoms with van der Waals surface area (Å²) >= 11 is 0. The standard InChI is InChI=1S/C25H34N2O6/c1-6-32-24(31)19-18-9-10-25(33-18)20(19)23(30)27(17(12-28)13(2)3)21(25)22(29)26-16-11-14(4)7-8-15(16)5/h7-8,11,13,17-21,28H,6,9-10,12H2,1-5H3,(H,26,29)/t17-,18+,19-,20-,21?,25?/m0/s1. The van der Waals surface area contributed by atoms with Crippen LogP contribution in [0, 0.1) is 31.6 Å². The number of hydrogen-bond acceptors (Lipinski definition) is 6. The van der Waals surface area contributed by atoms with Gasteiger partial charge in [-0.3, -0.25) is 14.4 Å². The molecule has 0 aliphatic carbocycles. The van der Waals surface area contributed by atoms with Crippen LogP contribution in [0.3, 0.4) is 0 Å². The predicted molar refractivity (Wildman–Crippen MR) is 121 cm³/mol. The molecule has 1 spiro atoms. The fourth-order valence-electron chi connectivity index (χ4n) is 5.95. The number of anilines is 1. The minimum Gasteiger partial charge on any atom is -0.466 e. The van der Waals surface area contributed by atoms with E-state index in [4.69, 9.17) is 9.47 Å². The second-order valence-corrected chi connectivity index (χ2v) is 9.86. The summed E-state index contributed by atoms with van der Waals surface area (Å²) in [4.78, 5) is 42.0. The Bertz CT molecular complexity index is 962. The number of likely N-dealkylation sites (tertiary alicyclic amines) is 1. The number of esters is 1. The molecule has 3 heterocycles. The van der Waals surface area contributed by atoms with E-state index >= 15 is 0 Å². The highest BCUT2D eigenvalue weighted by molar-refractivity contribution is 6.03. The molecule has 0 aromatic heterocycles. The molecule has 6 atom stereocenters. The number of aryl methyl sites for hydroxylation is 2. The van der Waals surface area contributed by atoms with Crippen LogP contribution in [0.1, 0.15) is 44.7 Å². The highest BCUT2D eigenvalue weighted by atomic mass is 16.6. The van der Waals surface area contributed by atoms with Gasteiger partial charge in [0, 0.05) is 5.69 Å². The first-order valence-corrected chi connectivity index (χ1v) is 11.8. The van der Waals surface area contributed by atoms with Crippen LogP contribution >= 0.6 is 0 Å². The van der Waals surface area contributed by atoms with Gasteiger partial charge in [0.25, 0.3) is 0 Å². The number of aliphatic hydroxyl groups is 1. The molecule has 3 fully saturated rings. The normalized spacial score (nSPS) is 31.1. The lowest BCUT2D eigenvalue weighted by Crippen LogP contribution is -2.57. The van der Waals surface area contributed by atoms with Crippen molar-refractivity contribution < 1.29 is 29.0 Å². The highest BCUT2D eigenvalue weighted by Crippen LogP contribution is 2.59. The third kappa shape index (κ3) is 3.64. The van der Waals surface area contributed by atoms with Crippen molar-refractivity contribution in [2.45, 2.75) is 71.2 Å². The van der Waals surface area contributed by atoms with Gasteiger partial charge in [-0.2, -0.15) is 0 Å². The second kappa shape index (κ2) is 8.72. The van der Waals surface area contributed by atoms with Crippen LogP contribution in [0.4, 0.5) is 5.69 Å². The van der Waals surface area contributed by atoms with Crippen LogP contribution in [0.25, 0.3) is 0 Å². The number of amides is 2. The number of hydrogen-bond donors (Lipinski definition) is 2. The van der Waals surface area contributed by atoms with E-state index in [1.165, 1.54) is 4.90 Å². The van der Waals surface area contributed by atoms with E-state index in [1.807, 2.05) is 45.9 Å². The van der Waals surface area contributed by atoms with E-state index in [0.717, 1.165) is 11.1 Å². The molecule has 180 valence electrons. The van der Waals surface area contributed by atoms with Crippen LogP contribution in [-0.2, 0) is 23.9 Å². The fourth-order valence-corrected chi connectivity index (χ4v) is 5.95. The SMILES string of the molecule is CCOC(=O)[C@@H]1[C@H]2C(=O)N([C@@H](CO)C(C)C)C(C(=O)Nc3cc(C)ccc3C)C23CC[C@H]1O3. The molecule has 2 bridgehead atoms. The second-order valence-electron chi connectivity index (χ2n) is 9.86. The van der Waals surface area contributed by atoms with Crippen molar-refractivity contribution in [3.8, 4) is 0 Å². The Balaban J connectivity index is 1.77. The summed E-state index contributed by atoms with van der Waals surface area (Å²) in [6.07, 6.45) is 0.643. The number of rotatable bonds is 7. The number of aliphatic hydroxyl groups excluding tert-OH is 1. The lowest BCUT2D eigenvalue weighted by Gasteiger charge is -2.38. The van der Waals surface area contributed by atoms with Gasteiger partial charge in [-0.1, -0.05) is 26.0 Å². The Labute approximate surface area is 194 Å². The molecule has 33 heavy (non-hydrogen) atoms. The largest absolute Gasteiger partial charge is 0.466 e. The topological polar surface area (TPSA) is 105 Å². The number of benzene rings is 1. The van der Waals surface area contributed by atoms with Crippen molar-refractivity contribution in [1.29, 1.82) is 0 Å². The molecule has 0 radical (unpaired) electrons. The van der Waals surface area contributed by atoms with Gasteiger partial charge in [-0.25, -0.2) is 0 Å². The van der Waals surface area contributed by atoms with Crippen molar-refractivity contribution in [2.24, 2.45) is 17.8 Å². The number of ether oxygens (including phenoxy) is 2. The zero-order chi connectivity index (χ0) is 24.1. The number of carbonyl (C=O) groups excluding carboxylic acids is 3. The number of nitrogens with zero attached hydrogens (tertiary/aromatic N) is 1. The van der Waals surface area contributed by atoms with Gasteiger partial charge in [-0.15, -0.1) is 0 Å². The van der Waals surface area contributed by atoms with Gasteiger partial charge in [0.05, 0.1) is 37.2 Å². The van der Waals surface area contributed by atoms with E-state index in [-0.39, 0.29) is 30.9 Å². The third-order valence-corrected chi connectivity index (χ3v) is 7.51. The molecular formula is C25H34N2O6. The average molecular weight is 459 g/mol. The molecule has 3 aliphatic heterocycles. The van der Waals surface area contributed by atoms with Gasteiger partial charge in [0.1, 0.15) is 11.6 Å². The maximum absolute atomic E-state index is 13.8. The number of nitrogens with one attached hydrogen (secondary N) is 1. The van der Waals surface area contributed by atoms with Gasteiger partial charge in [0.15, 0.2) is 0 Å². The number of carbonyl (C=O) groups is 3. The van der Waals surface area contributed by atoms with Gasteiger partial charge >= 0.3 is 5.97 Å². The Kier molecular flexibility index (Phi) is 6.26. The van der Waals surface area contributed by atoms with Crippen LogP contribution in [-0.4, -0.2) is 64.8 Å². The molecule has 2 unspecified atom stereocenters. The van der Waals surface area contributed by atoms with E-state index in [1.54, 1.807) is 6.92 Å². The fraction of sp³-hybridized carbons (Fsp3) is 0.640. The first-order chi connectivity index (χ1) is 15.7. The highest BCUT2D eigenvalue weighted by Gasteiger charge is 2.75. The summed E-state index contributed by atoms with van der Waals surface area (Å²) < 4.78 is 11.6. The minimum absolute atomic E-state index is 0.0941. The summed E-state index contributed by atoms with van der Waals surface area (Å²) in [7, 11) is 0. The molecule has 0 saturated carbocycles. The molecule has 8 nitrogen and oxygen atoms in total. The lowest BCUT2D eigenvalue weighted by atomic mass is 9.70. The predicted octanol–water partition coefficient (Wildman–Crippen LogP) is 2.20. The zero-order valence-corrected chi connectivity index (χ0v) is 20.0. The van der Waals surface area contributed by atoms with Gasteiger partial charge < -0.3 is 24.8 Å². The van der Waals surface area contributed by atoms with Crippen LogP contribution < -0.4 is 5.32 Å². The molecule has 3 saturated heterocycles. The Morgan fingerprint density at radius 1 is 1.33 bits per heavy atom. The summed E-state index contributed by atoms with van der Waals surface area (Å²) in [6, 6.07) is 4.28. The smallest absolute Gasteiger partial charge is 0.312 e. The van der Waals surface area contributed by atoms with Crippen LogP contribution in [0.15, 0.2) is 18.2 Å². The summed E-state index contributed by atoms with van der Waals surface area (Å²) in [5.74, 6) is -2.75. The molecular weight excluding hydrogens is 424 g/mol. The summed E-state index contributed by atoms with van der Waals surface area (Å²) in [6.45, 7) is 9.32. The zero-order valence-electron chi connectivity index (χ0n) is 20.0. The van der Waals surface area contributed by atoms with Crippen LogP contribution in [0.5, 0.6) is 0 Å². The molecule has 2 N–H and O–H groups in total. The first-order valence-electron chi connectivity index (χ1n) is 11.8. The Morgan fingerprint density at radius 3 is 2.70 bits per heavy atom. The molecule has 1 aromatic rings. The quantitative estimate of drug-likeness (QED) is 0.607. The first kappa shape index (κ1) is 23.7. The van der Waals surface area contributed by atoms with Crippen molar-refractivity contribution in [2.75, 3.05) is 18.5 Å². The van der Waals surface area contributed by atoms with Crippen LogP contribution in [0.2, 0.25) is 0 Å². The molecule has 8 heteroatoms. The van der Waals surface area contributed by atoms with E-state index in [2.05, 4.69) is 5.32 Å². The lowest BCUT2D eigenvalue weighted by molar-refractivity contribution is -0.155. The third-order valence-electron chi connectivity index (χ3n) is 7.51. The average Bonchev–Trinajstić information content (AvgIpc) is 3.39. The maximum Gasteiger partial charge on any atom is 0.312 e. The molecule has 2 amide bonds. The Hall–Kier alpha value is -2.45.